The fourth-order valence-electron chi connectivity index (χ4n) is 6.30. The summed E-state index contributed by atoms with van der Waals surface area (Å²) in [6, 6.07) is 20.0. The zero-order valence-electron chi connectivity index (χ0n) is 24.8. The second-order valence-corrected chi connectivity index (χ2v) is 11.0. The van der Waals surface area contributed by atoms with Crippen molar-refractivity contribution >= 4 is 33.6 Å². The molecule has 1 saturated heterocycles. The minimum Gasteiger partial charge on any atom is -0.493 e. The summed E-state index contributed by atoms with van der Waals surface area (Å²) in [5.41, 5.74) is 5.24. The molecule has 1 aliphatic rings. The number of carboxylic acids is 1. The van der Waals surface area contributed by atoms with Crippen molar-refractivity contribution in [1.82, 2.24) is 19.2 Å². The first-order valence-electron chi connectivity index (χ1n) is 14.7. The molecule has 3 heterocycles. The number of aryl methyl sites for hydroxylation is 3. The molecule has 9 heteroatoms. The maximum atomic E-state index is 13.5. The summed E-state index contributed by atoms with van der Waals surface area (Å²) < 4.78 is 15.2. The van der Waals surface area contributed by atoms with Gasteiger partial charge in [0.1, 0.15) is 18.0 Å². The summed E-state index contributed by atoms with van der Waals surface area (Å²) in [5, 5.41) is 18.2. The highest BCUT2D eigenvalue weighted by atomic mass is 16.5. The largest absolute Gasteiger partial charge is 0.493 e. The lowest BCUT2D eigenvalue weighted by molar-refractivity contribution is -0.135. The normalized spacial score (nSPS) is 13.6. The van der Waals surface area contributed by atoms with Gasteiger partial charge in [-0.3, -0.25) is 9.48 Å². The summed E-state index contributed by atoms with van der Waals surface area (Å²) in [4.78, 5) is 28.2. The third-order valence-corrected chi connectivity index (χ3v) is 8.40. The van der Waals surface area contributed by atoms with Gasteiger partial charge in [0.2, 0.25) is 5.91 Å². The summed E-state index contributed by atoms with van der Waals surface area (Å²) in [6.07, 6.45) is 1.09. The van der Waals surface area contributed by atoms with E-state index in [2.05, 4.69) is 17.2 Å². The number of rotatable bonds is 9. The summed E-state index contributed by atoms with van der Waals surface area (Å²) in [7, 11) is 1.90. The van der Waals surface area contributed by atoms with Crippen molar-refractivity contribution in [3.63, 3.8) is 0 Å². The van der Waals surface area contributed by atoms with Crippen molar-refractivity contribution < 1.29 is 24.2 Å². The molecule has 6 rings (SSSR count). The highest BCUT2D eigenvalue weighted by molar-refractivity contribution is 6.05. The van der Waals surface area contributed by atoms with Crippen LogP contribution in [0.3, 0.4) is 0 Å². The molecule has 1 fully saturated rings. The fourth-order valence-corrected chi connectivity index (χ4v) is 6.30. The molecule has 0 bridgehead atoms. The highest BCUT2D eigenvalue weighted by Gasteiger charge is 2.28. The minimum absolute atomic E-state index is 0.0694. The monoisotopic (exact) mass is 580 g/mol. The van der Waals surface area contributed by atoms with E-state index in [1.165, 1.54) is 0 Å². The number of hydrogen-bond donors (Lipinski definition) is 1. The number of amides is 1. The van der Waals surface area contributed by atoms with Gasteiger partial charge in [0.15, 0.2) is 0 Å². The molecule has 43 heavy (non-hydrogen) atoms. The van der Waals surface area contributed by atoms with Crippen molar-refractivity contribution in [2.24, 2.45) is 7.05 Å². The zero-order chi connectivity index (χ0) is 30.1. The molecular formula is C34H36N4O5. The van der Waals surface area contributed by atoms with Crippen LogP contribution in [0.2, 0.25) is 0 Å². The first kappa shape index (κ1) is 28.5. The number of ether oxygens (including phenoxy) is 2. The Labute approximate surface area is 250 Å². The van der Waals surface area contributed by atoms with Gasteiger partial charge in [0.25, 0.3) is 0 Å². The van der Waals surface area contributed by atoms with E-state index in [1.54, 1.807) is 9.47 Å². The molecule has 5 aromatic rings. The second kappa shape index (κ2) is 11.9. The molecule has 0 aliphatic carbocycles. The van der Waals surface area contributed by atoms with Gasteiger partial charge in [0.05, 0.1) is 31.0 Å². The third-order valence-electron chi connectivity index (χ3n) is 8.40. The average Bonchev–Trinajstić information content (AvgIpc) is 3.47. The molecule has 1 aliphatic heterocycles. The van der Waals surface area contributed by atoms with Crippen LogP contribution in [-0.4, -0.2) is 69.1 Å². The molecule has 0 unspecified atom stereocenters. The average molecular weight is 581 g/mol. The zero-order valence-corrected chi connectivity index (χ0v) is 24.8. The van der Waals surface area contributed by atoms with Gasteiger partial charge in [-0.05, 0) is 43.7 Å². The topological polar surface area (TPSA) is 98.8 Å². The quantitative estimate of drug-likeness (QED) is 0.235. The Balaban J connectivity index is 1.40. The van der Waals surface area contributed by atoms with Crippen LogP contribution in [0.5, 0.6) is 5.75 Å². The molecule has 0 saturated carbocycles. The predicted molar refractivity (Wildman–Crippen MR) is 166 cm³/mol. The van der Waals surface area contributed by atoms with E-state index >= 15 is 0 Å². The lowest BCUT2D eigenvalue weighted by Crippen LogP contribution is -2.42. The minimum atomic E-state index is -1.05. The smallest absolute Gasteiger partial charge is 0.352 e. The maximum Gasteiger partial charge on any atom is 0.352 e. The molecule has 9 nitrogen and oxygen atoms in total. The van der Waals surface area contributed by atoms with Gasteiger partial charge in [0, 0.05) is 47.7 Å². The molecule has 0 atom stereocenters. The van der Waals surface area contributed by atoms with Crippen LogP contribution in [0.15, 0.2) is 60.7 Å². The highest BCUT2D eigenvalue weighted by Crippen LogP contribution is 2.38. The van der Waals surface area contributed by atoms with E-state index < -0.39 is 5.97 Å². The van der Waals surface area contributed by atoms with Crippen LogP contribution in [0, 0.1) is 13.8 Å². The van der Waals surface area contributed by atoms with Crippen molar-refractivity contribution in [3.05, 3.63) is 83.3 Å². The number of aromatic carboxylic acids is 1. The Morgan fingerprint density at radius 3 is 2.44 bits per heavy atom. The predicted octanol–water partition coefficient (Wildman–Crippen LogP) is 5.38. The van der Waals surface area contributed by atoms with Gasteiger partial charge in [-0.2, -0.15) is 5.10 Å². The lowest BCUT2D eigenvalue weighted by atomic mass is 9.98. The number of carbonyl (C=O) groups is 2. The molecule has 0 radical (unpaired) electrons. The van der Waals surface area contributed by atoms with Crippen molar-refractivity contribution in [3.8, 4) is 16.9 Å². The van der Waals surface area contributed by atoms with Gasteiger partial charge in [-0.1, -0.05) is 54.6 Å². The molecule has 222 valence electrons. The summed E-state index contributed by atoms with van der Waals surface area (Å²) in [5.74, 6) is -0.371. The van der Waals surface area contributed by atoms with E-state index in [0.717, 1.165) is 49.9 Å². The third kappa shape index (κ3) is 5.36. The molecule has 1 amide bonds. The Hall–Kier alpha value is -4.63. The number of aromatic nitrogens is 3. The van der Waals surface area contributed by atoms with Crippen molar-refractivity contribution in [1.29, 1.82) is 0 Å². The lowest BCUT2D eigenvalue weighted by Gasteiger charge is -2.27. The molecule has 1 N–H and O–H groups in total. The summed E-state index contributed by atoms with van der Waals surface area (Å²) >= 11 is 0. The Kier molecular flexibility index (Phi) is 7.90. The first-order valence-corrected chi connectivity index (χ1v) is 14.7. The van der Waals surface area contributed by atoms with Gasteiger partial charge in [-0.25, -0.2) is 4.79 Å². The standard InChI is InChI=1S/C34H36N4O5/c1-22-31(23(2)36(3)35-22)28-13-7-12-26-27(14-8-18-43-29-15-6-10-24-9-4-5-11-25(24)29)33(34(40)41)38(32(26)28)21-30(39)37-16-19-42-20-17-37/h4-7,9-13,15H,8,14,16-21H2,1-3H3,(H,40,41). The number of hydrogen-bond acceptors (Lipinski definition) is 5. The van der Waals surface area contributed by atoms with E-state index in [0.29, 0.717) is 51.3 Å². The van der Waals surface area contributed by atoms with E-state index in [4.69, 9.17) is 9.47 Å². The SMILES string of the molecule is Cc1nn(C)c(C)c1-c1cccc2c(CCCOc3cccc4ccccc34)c(C(=O)O)n(CC(=O)N3CCOCC3)c12. The summed E-state index contributed by atoms with van der Waals surface area (Å²) in [6.45, 7) is 6.25. The van der Waals surface area contributed by atoms with Crippen LogP contribution < -0.4 is 4.74 Å². The van der Waals surface area contributed by atoms with Crippen LogP contribution in [-0.2, 0) is 29.5 Å². The Morgan fingerprint density at radius 1 is 0.977 bits per heavy atom. The number of carboxylic acid groups (broad SMARTS) is 1. The van der Waals surface area contributed by atoms with Gasteiger partial charge in [-0.15, -0.1) is 0 Å². The van der Waals surface area contributed by atoms with E-state index in [9.17, 15) is 14.7 Å². The van der Waals surface area contributed by atoms with Crippen LogP contribution in [0.4, 0.5) is 0 Å². The number of carbonyl (C=O) groups excluding carboxylic acids is 1. The number of morpholine rings is 1. The number of nitrogens with zero attached hydrogens (tertiary/aromatic N) is 4. The van der Waals surface area contributed by atoms with Gasteiger partial charge >= 0.3 is 5.97 Å². The molecular weight excluding hydrogens is 544 g/mol. The van der Waals surface area contributed by atoms with Crippen molar-refractivity contribution in [2.45, 2.75) is 33.2 Å². The number of benzene rings is 3. The van der Waals surface area contributed by atoms with Crippen molar-refractivity contribution in [2.75, 3.05) is 32.9 Å². The molecule has 0 spiro atoms. The first-order chi connectivity index (χ1) is 20.8. The van der Waals surface area contributed by atoms with E-state index in [-0.39, 0.29) is 18.1 Å². The Bertz CT molecular complexity index is 1820. The molecule has 2 aromatic heterocycles. The molecule has 3 aromatic carbocycles. The number of fused-ring (bicyclic) bond motifs is 2. The number of para-hydroxylation sites is 1. The van der Waals surface area contributed by atoms with Crippen LogP contribution >= 0.6 is 0 Å². The van der Waals surface area contributed by atoms with Crippen LogP contribution in [0.1, 0.15) is 33.9 Å². The maximum absolute atomic E-state index is 13.5. The Morgan fingerprint density at radius 2 is 1.70 bits per heavy atom. The van der Waals surface area contributed by atoms with Gasteiger partial charge < -0.3 is 24.0 Å². The van der Waals surface area contributed by atoms with Crippen LogP contribution in [0.25, 0.3) is 32.8 Å². The fraction of sp³-hybridized carbons (Fsp3) is 0.324. The second-order valence-electron chi connectivity index (χ2n) is 11.0. The van der Waals surface area contributed by atoms with E-state index in [1.807, 2.05) is 74.1 Å².